The summed E-state index contributed by atoms with van der Waals surface area (Å²) in [5.41, 5.74) is 0. The van der Waals surface area contributed by atoms with Crippen molar-refractivity contribution in [3.63, 3.8) is 0 Å². The molecule has 0 saturated heterocycles. The second-order valence-electron chi connectivity index (χ2n) is 5.62. The molecule has 5 heteroatoms. The maximum absolute atomic E-state index is 5.36. The van der Waals surface area contributed by atoms with Gasteiger partial charge in [-0.3, -0.25) is 4.99 Å². The third-order valence-electron chi connectivity index (χ3n) is 3.85. The lowest BCUT2D eigenvalue weighted by Crippen LogP contribution is -2.43. The van der Waals surface area contributed by atoms with E-state index in [4.69, 9.17) is 9.41 Å². The molecule has 0 amide bonds. The number of hydrogen-bond donors (Lipinski definition) is 2. The first-order valence-corrected chi connectivity index (χ1v) is 9.16. The van der Waals surface area contributed by atoms with E-state index in [-0.39, 0.29) is 0 Å². The van der Waals surface area contributed by atoms with E-state index in [1.165, 1.54) is 25.7 Å². The topological polar surface area (TPSA) is 49.6 Å². The molecule has 1 aromatic rings. The Morgan fingerprint density at radius 2 is 2.29 bits per heavy atom. The number of nitrogens with zero attached hydrogens (tertiary/aromatic N) is 1. The molecule has 1 atom stereocenters. The first-order valence-electron chi connectivity index (χ1n) is 7.88. The lowest BCUT2D eigenvalue weighted by Gasteiger charge is -2.18. The Labute approximate surface area is 132 Å². The van der Waals surface area contributed by atoms with E-state index in [2.05, 4.69) is 23.8 Å². The van der Waals surface area contributed by atoms with Crippen molar-refractivity contribution in [2.45, 2.75) is 50.3 Å². The summed E-state index contributed by atoms with van der Waals surface area (Å²) in [4.78, 5) is 4.72. The summed E-state index contributed by atoms with van der Waals surface area (Å²) in [5.74, 6) is 1.97. The molecule has 0 spiro atoms. The zero-order valence-corrected chi connectivity index (χ0v) is 13.9. The smallest absolute Gasteiger partial charge is 0.191 e. The zero-order chi connectivity index (χ0) is 14.9. The molecule has 2 N–H and O–H groups in total. The monoisotopic (exact) mass is 309 g/mol. The fourth-order valence-electron chi connectivity index (χ4n) is 2.47. The average Bonchev–Trinajstić information content (AvgIpc) is 3.17. The maximum atomic E-state index is 5.36. The Kier molecular flexibility index (Phi) is 7.00. The Balaban J connectivity index is 1.81. The van der Waals surface area contributed by atoms with E-state index in [1.54, 1.807) is 6.26 Å². The van der Waals surface area contributed by atoms with Crippen LogP contribution in [0.5, 0.6) is 0 Å². The zero-order valence-electron chi connectivity index (χ0n) is 13.1. The minimum absolute atomic E-state index is 0.553. The van der Waals surface area contributed by atoms with Crippen LogP contribution in [-0.4, -0.2) is 36.6 Å². The molecule has 118 valence electrons. The molecule has 1 saturated carbocycles. The first-order chi connectivity index (χ1) is 10.3. The van der Waals surface area contributed by atoms with Crippen LogP contribution < -0.4 is 10.6 Å². The van der Waals surface area contributed by atoms with Crippen LogP contribution >= 0.6 is 11.8 Å². The van der Waals surface area contributed by atoms with Gasteiger partial charge in [0.05, 0.1) is 12.8 Å². The third-order valence-corrected chi connectivity index (χ3v) is 4.80. The molecular weight excluding hydrogens is 282 g/mol. The van der Waals surface area contributed by atoms with Gasteiger partial charge in [0, 0.05) is 24.3 Å². The molecule has 4 nitrogen and oxygen atoms in total. The van der Waals surface area contributed by atoms with Gasteiger partial charge in [0.25, 0.3) is 0 Å². The number of nitrogens with one attached hydrogen (secondary N) is 2. The van der Waals surface area contributed by atoms with E-state index in [0.717, 1.165) is 31.2 Å². The minimum atomic E-state index is 0.553. The van der Waals surface area contributed by atoms with Crippen molar-refractivity contribution in [1.82, 2.24) is 10.6 Å². The van der Waals surface area contributed by atoms with Crippen molar-refractivity contribution in [3.05, 3.63) is 24.2 Å². The first kappa shape index (κ1) is 16.3. The molecule has 1 unspecified atom stereocenters. The molecule has 21 heavy (non-hydrogen) atoms. The lowest BCUT2D eigenvalue weighted by atomic mass is 10.2. The third kappa shape index (κ3) is 6.04. The van der Waals surface area contributed by atoms with Crippen molar-refractivity contribution in [1.29, 1.82) is 0 Å². The second-order valence-corrected chi connectivity index (χ2v) is 6.89. The number of thioether (sulfide) groups is 1. The van der Waals surface area contributed by atoms with Gasteiger partial charge in [-0.05, 0) is 31.2 Å². The molecule has 0 aromatic carbocycles. The van der Waals surface area contributed by atoms with Crippen LogP contribution in [0.3, 0.4) is 0 Å². The van der Waals surface area contributed by atoms with Gasteiger partial charge in [0.2, 0.25) is 0 Å². The normalized spacial score (nSPS) is 17.9. The van der Waals surface area contributed by atoms with Gasteiger partial charge in [-0.1, -0.05) is 19.8 Å². The summed E-state index contributed by atoms with van der Waals surface area (Å²) in [5, 5.41) is 7.56. The largest absolute Gasteiger partial charge is 0.469 e. The molecule has 1 aromatic heterocycles. The van der Waals surface area contributed by atoms with Gasteiger partial charge in [0.15, 0.2) is 5.96 Å². The summed E-state index contributed by atoms with van der Waals surface area (Å²) >= 11 is 1.85. The molecule has 0 bridgehead atoms. The highest BCUT2D eigenvalue weighted by Gasteiger charge is 2.16. The van der Waals surface area contributed by atoms with E-state index in [1.807, 2.05) is 23.9 Å². The van der Waals surface area contributed by atoms with Crippen LogP contribution in [-0.2, 0) is 6.42 Å². The quantitative estimate of drug-likeness (QED) is 0.600. The second kappa shape index (κ2) is 9.03. The molecule has 1 heterocycles. The van der Waals surface area contributed by atoms with E-state index < -0.39 is 0 Å². The van der Waals surface area contributed by atoms with Gasteiger partial charge in [-0.2, -0.15) is 11.8 Å². The van der Waals surface area contributed by atoms with Gasteiger partial charge in [0.1, 0.15) is 5.76 Å². The van der Waals surface area contributed by atoms with Gasteiger partial charge in [-0.25, -0.2) is 0 Å². The molecule has 1 aliphatic carbocycles. The summed E-state index contributed by atoms with van der Waals surface area (Å²) in [6, 6.07) is 4.53. The number of rotatable bonds is 7. The predicted molar refractivity (Wildman–Crippen MR) is 91.1 cm³/mol. The van der Waals surface area contributed by atoms with Crippen molar-refractivity contribution < 1.29 is 4.42 Å². The molecule has 2 rings (SSSR count). The summed E-state index contributed by atoms with van der Waals surface area (Å²) < 4.78 is 5.36. The van der Waals surface area contributed by atoms with Crippen LogP contribution in [0.2, 0.25) is 0 Å². The molecule has 1 fully saturated rings. The minimum Gasteiger partial charge on any atom is -0.469 e. The summed E-state index contributed by atoms with van der Waals surface area (Å²) in [7, 11) is 0. The van der Waals surface area contributed by atoms with Crippen molar-refractivity contribution in [2.24, 2.45) is 4.99 Å². The fourth-order valence-corrected chi connectivity index (χ4v) is 2.69. The standard InChI is InChI=1S/C16H27N3OS/c1-13(21-2)12-18-16(19-14-6-3-4-7-14)17-10-9-15-8-5-11-20-15/h5,8,11,13-14H,3-4,6-7,9-10,12H2,1-2H3,(H2,17,18,19). The van der Waals surface area contributed by atoms with Crippen molar-refractivity contribution in [2.75, 3.05) is 19.3 Å². The van der Waals surface area contributed by atoms with Gasteiger partial charge >= 0.3 is 0 Å². The van der Waals surface area contributed by atoms with E-state index >= 15 is 0 Å². The van der Waals surface area contributed by atoms with Crippen LogP contribution in [0, 0.1) is 0 Å². The number of hydrogen-bond acceptors (Lipinski definition) is 3. The highest BCUT2D eigenvalue weighted by molar-refractivity contribution is 7.99. The summed E-state index contributed by atoms with van der Waals surface area (Å²) in [6.07, 6.45) is 9.93. The predicted octanol–water partition coefficient (Wildman–Crippen LogP) is 3.05. The lowest BCUT2D eigenvalue weighted by molar-refractivity contribution is 0.506. The molecule has 0 aliphatic heterocycles. The highest BCUT2D eigenvalue weighted by atomic mass is 32.2. The summed E-state index contributed by atoms with van der Waals surface area (Å²) in [6.45, 7) is 3.91. The van der Waals surface area contributed by atoms with Crippen molar-refractivity contribution in [3.8, 4) is 0 Å². The maximum Gasteiger partial charge on any atom is 0.191 e. The number of furan rings is 1. The van der Waals surface area contributed by atoms with Crippen LogP contribution in [0.15, 0.2) is 27.8 Å². The Hall–Kier alpha value is -1.10. The Morgan fingerprint density at radius 1 is 1.48 bits per heavy atom. The van der Waals surface area contributed by atoms with Crippen LogP contribution in [0.4, 0.5) is 0 Å². The average molecular weight is 309 g/mol. The highest BCUT2D eigenvalue weighted by Crippen LogP contribution is 2.17. The number of aliphatic imine (C=N–C) groups is 1. The molecule has 1 aliphatic rings. The SMILES string of the molecule is CSC(C)CN=C(NCCc1ccco1)NC1CCCC1. The fraction of sp³-hybridized carbons (Fsp3) is 0.688. The van der Waals surface area contributed by atoms with E-state index in [9.17, 15) is 0 Å². The van der Waals surface area contributed by atoms with Crippen LogP contribution in [0.25, 0.3) is 0 Å². The van der Waals surface area contributed by atoms with Crippen molar-refractivity contribution >= 4 is 17.7 Å². The van der Waals surface area contributed by atoms with Gasteiger partial charge < -0.3 is 15.1 Å². The Morgan fingerprint density at radius 3 is 2.95 bits per heavy atom. The number of guanidine groups is 1. The van der Waals surface area contributed by atoms with E-state index in [0.29, 0.717) is 11.3 Å². The Bertz CT molecular complexity index is 413. The van der Waals surface area contributed by atoms with Gasteiger partial charge in [-0.15, -0.1) is 0 Å². The molecule has 0 radical (unpaired) electrons. The van der Waals surface area contributed by atoms with Crippen LogP contribution in [0.1, 0.15) is 38.4 Å². The molecular formula is C16H27N3OS.